The summed E-state index contributed by atoms with van der Waals surface area (Å²) in [5.41, 5.74) is 0.891. The molecule has 16 heavy (non-hydrogen) atoms. The number of anilines is 1. The summed E-state index contributed by atoms with van der Waals surface area (Å²) < 4.78 is 4.08. The minimum absolute atomic E-state index is 0.290. The number of nitrogens with zero attached hydrogens (tertiary/aromatic N) is 1. The molecule has 0 aromatic carbocycles. The van der Waals surface area contributed by atoms with Crippen LogP contribution in [0.4, 0.5) is 5.00 Å². The molecule has 4 nitrogen and oxygen atoms in total. The Labute approximate surface area is 99.9 Å². The lowest BCUT2D eigenvalue weighted by Crippen LogP contribution is -2.25. The summed E-state index contributed by atoms with van der Waals surface area (Å²) >= 11 is 1.22. The van der Waals surface area contributed by atoms with E-state index in [-0.39, 0.29) is 6.04 Å². The molecule has 0 radical (unpaired) electrons. The molecule has 1 atom stereocenters. The first-order valence-corrected chi connectivity index (χ1v) is 6.20. The molecule has 1 unspecified atom stereocenters. The highest BCUT2D eigenvalue weighted by atomic mass is 32.1. The average molecular weight is 242 g/mol. The third-order valence-corrected chi connectivity index (χ3v) is 3.51. The zero-order chi connectivity index (χ0) is 12.3. The van der Waals surface area contributed by atoms with Gasteiger partial charge in [-0.1, -0.05) is 20.8 Å². The quantitative estimate of drug-likeness (QED) is 0.833. The van der Waals surface area contributed by atoms with E-state index in [2.05, 4.69) is 30.5 Å². The molecular weight excluding hydrogens is 224 g/mol. The van der Waals surface area contributed by atoms with Gasteiger partial charge < -0.3 is 10.4 Å². The van der Waals surface area contributed by atoms with Crippen molar-refractivity contribution in [3.8, 4) is 0 Å². The lowest BCUT2D eigenvalue weighted by Gasteiger charge is -2.20. The van der Waals surface area contributed by atoms with Gasteiger partial charge in [0.05, 0.1) is 5.69 Å². The Kier molecular flexibility index (Phi) is 4.29. The number of hydrogen-bond acceptors (Lipinski definition) is 4. The van der Waals surface area contributed by atoms with Crippen molar-refractivity contribution in [2.24, 2.45) is 5.92 Å². The Hall–Kier alpha value is -1.10. The molecule has 0 aliphatic heterocycles. The van der Waals surface area contributed by atoms with E-state index in [1.54, 1.807) is 6.92 Å². The highest BCUT2D eigenvalue weighted by Gasteiger charge is 2.20. The Morgan fingerprint density at radius 2 is 2.19 bits per heavy atom. The second-order valence-corrected chi connectivity index (χ2v) is 4.95. The lowest BCUT2D eigenvalue weighted by molar-refractivity contribution is 0.0697. The van der Waals surface area contributed by atoms with Crippen LogP contribution in [0.1, 0.15) is 43.2 Å². The van der Waals surface area contributed by atoms with Crippen molar-refractivity contribution in [3.63, 3.8) is 0 Å². The maximum Gasteiger partial charge on any atom is 0.340 e. The zero-order valence-electron chi connectivity index (χ0n) is 10.1. The number of aromatic nitrogens is 1. The molecular formula is C11H18N2O2S. The molecule has 0 bridgehead atoms. The van der Waals surface area contributed by atoms with E-state index in [1.807, 2.05) is 0 Å². The smallest absolute Gasteiger partial charge is 0.340 e. The van der Waals surface area contributed by atoms with Gasteiger partial charge in [-0.15, -0.1) is 0 Å². The van der Waals surface area contributed by atoms with Crippen LogP contribution in [0, 0.1) is 12.8 Å². The van der Waals surface area contributed by atoms with Crippen molar-refractivity contribution in [1.82, 2.24) is 4.37 Å². The van der Waals surface area contributed by atoms with Crippen LogP contribution in [-0.4, -0.2) is 21.5 Å². The lowest BCUT2D eigenvalue weighted by atomic mass is 10.0. The normalized spacial score (nSPS) is 12.8. The van der Waals surface area contributed by atoms with E-state index < -0.39 is 5.97 Å². The van der Waals surface area contributed by atoms with E-state index >= 15 is 0 Å². The fourth-order valence-electron chi connectivity index (χ4n) is 1.63. The van der Waals surface area contributed by atoms with Gasteiger partial charge in [0.25, 0.3) is 0 Å². The van der Waals surface area contributed by atoms with Gasteiger partial charge in [-0.05, 0) is 30.8 Å². The molecule has 2 N–H and O–H groups in total. The second-order valence-electron chi connectivity index (χ2n) is 4.18. The summed E-state index contributed by atoms with van der Waals surface area (Å²) in [6, 6.07) is 0.290. The summed E-state index contributed by atoms with van der Waals surface area (Å²) in [6.07, 6.45) is 0.966. The molecule has 1 heterocycles. The van der Waals surface area contributed by atoms with Gasteiger partial charge in [0.1, 0.15) is 10.6 Å². The minimum atomic E-state index is -0.910. The van der Waals surface area contributed by atoms with Crippen LogP contribution in [0.15, 0.2) is 0 Å². The molecule has 0 fully saturated rings. The van der Waals surface area contributed by atoms with Crippen LogP contribution < -0.4 is 5.32 Å². The fourth-order valence-corrected chi connectivity index (χ4v) is 2.48. The van der Waals surface area contributed by atoms with Crippen molar-refractivity contribution in [2.75, 3.05) is 5.32 Å². The first kappa shape index (κ1) is 13.0. The summed E-state index contributed by atoms with van der Waals surface area (Å²) in [4.78, 5) is 11.1. The number of carbonyl (C=O) groups is 1. The topological polar surface area (TPSA) is 62.2 Å². The van der Waals surface area contributed by atoms with Crippen molar-refractivity contribution < 1.29 is 9.90 Å². The molecule has 0 aliphatic carbocycles. The predicted molar refractivity (Wildman–Crippen MR) is 66.4 cm³/mol. The number of hydrogen-bond donors (Lipinski definition) is 2. The SMILES string of the molecule is CCC(Nc1snc(C)c1C(=O)O)C(C)C. The van der Waals surface area contributed by atoms with Crippen LogP contribution in [0.5, 0.6) is 0 Å². The molecule has 1 aromatic heterocycles. The molecule has 0 aliphatic rings. The summed E-state index contributed by atoms with van der Waals surface area (Å²) in [7, 11) is 0. The maximum absolute atomic E-state index is 11.1. The molecule has 0 spiro atoms. The number of carboxylic acids is 1. The van der Waals surface area contributed by atoms with Gasteiger partial charge in [0, 0.05) is 6.04 Å². The number of aryl methyl sites for hydroxylation is 1. The van der Waals surface area contributed by atoms with Crippen LogP contribution >= 0.6 is 11.5 Å². The van der Waals surface area contributed by atoms with Crippen molar-refractivity contribution in [3.05, 3.63) is 11.3 Å². The highest BCUT2D eigenvalue weighted by Crippen LogP contribution is 2.26. The number of rotatable bonds is 5. The van der Waals surface area contributed by atoms with Gasteiger partial charge >= 0.3 is 5.97 Å². The van der Waals surface area contributed by atoms with Crippen LogP contribution in [0.25, 0.3) is 0 Å². The molecule has 0 saturated carbocycles. The molecule has 90 valence electrons. The van der Waals surface area contributed by atoms with Crippen LogP contribution in [0.3, 0.4) is 0 Å². The number of nitrogens with one attached hydrogen (secondary N) is 1. The number of aromatic carboxylic acids is 1. The van der Waals surface area contributed by atoms with Crippen molar-refractivity contribution in [2.45, 2.75) is 40.2 Å². The van der Waals surface area contributed by atoms with E-state index in [0.29, 0.717) is 22.2 Å². The second kappa shape index (κ2) is 5.30. The Morgan fingerprint density at radius 3 is 2.62 bits per heavy atom. The fraction of sp³-hybridized carbons (Fsp3) is 0.636. The molecule has 0 saturated heterocycles. The van der Waals surface area contributed by atoms with Crippen LogP contribution in [-0.2, 0) is 0 Å². The number of carboxylic acid groups (broad SMARTS) is 1. The standard InChI is InChI=1S/C11H18N2O2S/c1-5-8(6(2)3)12-10-9(11(14)15)7(4)13-16-10/h6,8,12H,5H2,1-4H3,(H,14,15). The minimum Gasteiger partial charge on any atom is -0.478 e. The summed E-state index contributed by atoms with van der Waals surface area (Å²) in [6.45, 7) is 8.05. The third kappa shape index (κ3) is 2.72. The Bertz CT molecular complexity index is 374. The van der Waals surface area contributed by atoms with E-state index in [1.165, 1.54) is 11.5 Å². The highest BCUT2D eigenvalue weighted by molar-refractivity contribution is 7.10. The van der Waals surface area contributed by atoms with Gasteiger partial charge in [-0.2, -0.15) is 4.37 Å². The summed E-state index contributed by atoms with van der Waals surface area (Å²) in [5.74, 6) is -0.443. The van der Waals surface area contributed by atoms with Crippen molar-refractivity contribution >= 4 is 22.5 Å². The van der Waals surface area contributed by atoms with Gasteiger partial charge in [-0.25, -0.2) is 4.79 Å². The van der Waals surface area contributed by atoms with E-state index in [9.17, 15) is 4.79 Å². The molecule has 1 rings (SSSR count). The predicted octanol–water partition coefficient (Wildman–Crippen LogP) is 3.00. The van der Waals surface area contributed by atoms with Crippen LogP contribution in [0.2, 0.25) is 0 Å². The van der Waals surface area contributed by atoms with Gasteiger partial charge in [0.2, 0.25) is 0 Å². The molecule has 5 heteroatoms. The Balaban J connectivity index is 2.92. The largest absolute Gasteiger partial charge is 0.478 e. The first-order valence-electron chi connectivity index (χ1n) is 5.43. The first-order chi connectivity index (χ1) is 7.47. The molecule has 0 amide bonds. The van der Waals surface area contributed by atoms with Gasteiger partial charge in [0.15, 0.2) is 0 Å². The maximum atomic E-state index is 11.1. The monoisotopic (exact) mass is 242 g/mol. The summed E-state index contributed by atoms with van der Waals surface area (Å²) in [5, 5.41) is 13.0. The third-order valence-electron chi connectivity index (χ3n) is 2.64. The van der Waals surface area contributed by atoms with Gasteiger partial charge in [-0.3, -0.25) is 0 Å². The van der Waals surface area contributed by atoms with E-state index in [4.69, 9.17) is 5.11 Å². The van der Waals surface area contributed by atoms with E-state index in [0.717, 1.165) is 6.42 Å². The molecule has 1 aromatic rings. The van der Waals surface area contributed by atoms with Crippen molar-refractivity contribution in [1.29, 1.82) is 0 Å². The zero-order valence-corrected chi connectivity index (χ0v) is 10.9. The average Bonchev–Trinajstić information content (AvgIpc) is 2.55. The Morgan fingerprint density at radius 1 is 1.56 bits per heavy atom.